The molecule has 0 atom stereocenters. The molecule has 2 aliphatic heterocycles. The summed E-state index contributed by atoms with van der Waals surface area (Å²) in [7, 11) is 2.18. The highest BCUT2D eigenvalue weighted by Crippen LogP contribution is 2.41. The van der Waals surface area contributed by atoms with E-state index in [1.54, 1.807) is 0 Å². The van der Waals surface area contributed by atoms with Crippen molar-refractivity contribution >= 4 is 34.3 Å². The van der Waals surface area contributed by atoms with Crippen molar-refractivity contribution < 1.29 is 0 Å². The van der Waals surface area contributed by atoms with Crippen LogP contribution in [-0.2, 0) is 5.54 Å². The molecule has 2 aliphatic carbocycles. The van der Waals surface area contributed by atoms with E-state index in [0.29, 0.717) is 18.0 Å². The standard InChI is InChI=1S/C30H42N10/c1-38-13-15-39(16-14-38)24-9-10-26(32-19-24)36-29-33-18-21-17-25-27(35-23-7-5-22(31)6-8-23)34-20-30(11-3-2-4-12-30)40(25)28(21)37-29/h9-10,17-19,22-23H,2-8,11-16,20,31H2,1H3,(H,34,35)(H,32,33,36,37). The fourth-order valence-electron chi connectivity index (χ4n) is 7.08. The first-order valence-electron chi connectivity index (χ1n) is 15.2. The Bertz CT molecular complexity index is 1360. The number of nitrogens with two attached hydrogens (primary N) is 1. The molecular formula is C30H42N10. The fraction of sp³-hybridized carbons (Fsp3) is 0.600. The number of hydrogen-bond acceptors (Lipinski definition) is 9. The minimum atomic E-state index is -0.0105. The number of aliphatic imine (C=N–C) groups is 1. The summed E-state index contributed by atoms with van der Waals surface area (Å²) in [5.41, 5.74) is 9.47. The van der Waals surface area contributed by atoms with Crippen LogP contribution in [0.3, 0.4) is 0 Å². The first kappa shape index (κ1) is 25.7. The average Bonchev–Trinajstić information content (AvgIpc) is 3.38. The summed E-state index contributed by atoms with van der Waals surface area (Å²) >= 11 is 0. The van der Waals surface area contributed by atoms with Crippen LogP contribution in [0, 0.1) is 0 Å². The second kappa shape index (κ2) is 10.6. The molecule has 1 saturated heterocycles. The highest BCUT2D eigenvalue weighted by Gasteiger charge is 2.40. The van der Waals surface area contributed by atoms with Crippen molar-refractivity contribution in [2.75, 3.05) is 50.0 Å². The van der Waals surface area contributed by atoms with E-state index in [1.165, 1.54) is 19.3 Å². The SMILES string of the molecule is CN1CCN(c2ccc(Nc3ncc4cc5n(c4n3)C3(CCCCC3)CN=C5NC3CCC(N)CC3)nc2)CC1. The zero-order valence-electron chi connectivity index (χ0n) is 23.6. The number of pyridine rings is 1. The van der Waals surface area contributed by atoms with Crippen LogP contribution in [0.25, 0.3) is 11.0 Å². The number of rotatable bonds is 4. The number of anilines is 3. The summed E-state index contributed by atoms with van der Waals surface area (Å²) < 4.78 is 2.50. The van der Waals surface area contributed by atoms with E-state index >= 15 is 0 Å². The van der Waals surface area contributed by atoms with E-state index in [4.69, 9.17) is 20.7 Å². The van der Waals surface area contributed by atoms with Crippen molar-refractivity contribution in [1.82, 2.24) is 29.7 Å². The number of fused-ring (bicyclic) bond motifs is 4. The maximum Gasteiger partial charge on any atom is 0.230 e. The fourth-order valence-corrected chi connectivity index (χ4v) is 7.08. The first-order valence-corrected chi connectivity index (χ1v) is 15.2. The lowest BCUT2D eigenvalue weighted by atomic mass is 9.80. The summed E-state index contributed by atoms with van der Waals surface area (Å²) in [6.45, 7) is 5.02. The molecule has 40 heavy (non-hydrogen) atoms. The van der Waals surface area contributed by atoms with E-state index in [2.05, 4.69) is 49.2 Å². The van der Waals surface area contributed by atoms with Crippen molar-refractivity contribution in [2.24, 2.45) is 10.7 Å². The Hall–Kier alpha value is -3.24. The van der Waals surface area contributed by atoms with Crippen molar-refractivity contribution in [3.8, 4) is 0 Å². The van der Waals surface area contributed by atoms with Crippen molar-refractivity contribution in [1.29, 1.82) is 0 Å². The number of likely N-dealkylation sites (N-methyl/N-ethyl adjacent to an activating group) is 1. The van der Waals surface area contributed by atoms with Gasteiger partial charge in [0.1, 0.15) is 17.3 Å². The molecule has 1 spiro atoms. The van der Waals surface area contributed by atoms with Crippen LogP contribution in [0.1, 0.15) is 63.5 Å². The molecule has 5 heterocycles. The quantitative estimate of drug-likeness (QED) is 0.459. The third-order valence-electron chi connectivity index (χ3n) is 9.54. The Labute approximate surface area is 236 Å². The predicted molar refractivity (Wildman–Crippen MR) is 161 cm³/mol. The van der Waals surface area contributed by atoms with Crippen LogP contribution < -0.4 is 21.3 Å². The second-order valence-electron chi connectivity index (χ2n) is 12.4. The number of nitrogens with zero attached hydrogens (tertiary/aromatic N) is 7. The zero-order chi connectivity index (χ0) is 27.1. The van der Waals surface area contributed by atoms with Crippen LogP contribution in [0.4, 0.5) is 17.5 Å². The van der Waals surface area contributed by atoms with Gasteiger partial charge in [-0.05, 0) is 63.8 Å². The van der Waals surface area contributed by atoms with Crippen molar-refractivity contribution in [3.05, 3.63) is 36.3 Å². The minimum Gasteiger partial charge on any atom is -0.368 e. The van der Waals surface area contributed by atoms with Gasteiger partial charge >= 0.3 is 0 Å². The molecule has 3 aromatic rings. The van der Waals surface area contributed by atoms with E-state index < -0.39 is 0 Å². The summed E-state index contributed by atoms with van der Waals surface area (Å²) in [5.74, 6) is 2.34. The molecule has 4 N–H and O–H groups in total. The van der Waals surface area contributed by atoms with Gasteiger partial charge in [-0.2, -0.15) is 4.98 Å². The molecule has 0 amide bonds. The van der Waals surface area contributed by atoms with Gasteiger partial charge in [0.05, 0.1) is 29.7 Å². The predicted octanol–water partition coefficient (Wildman–Crippen LogP) is 3.60. The molecule has 10 nitrogen and oxygen atoms in total. The van der Waals surface area contributed by atoms with Crippen LogP contribution in [-0.4, -0.2) is 82.1 Å². The number of nitrogens with one attached hydrogen (secondary N) is 2. The molecule has 0 aromatic carbocycles. The largest absolute Gasteiger partial charge is 0.368 e. The third kappa shape index (κ3) is 4.92. The number of amidine groups is 1. The van der Waals surface area contributed by atoms with Gasteiger partial charge in [-0.3, -0.25) is 4.99 Å². The van der Waals surface area contributed by atoms with E-state index in [1.807, 2.05) is 18.5 Å². The molecule has 212 valence electrons. The summed E-state index contributed by atoms with van der Waals surface area (Å²) in [6.07, 6.45) is 14.3. The third-order valence-corrected chi connectivity index (χ3v) is 9.54. The van der Waals surface area contributed by atoms with Gasteiger partial charge in [0.2, 0.25) is 5.95 Å². The van der Waals surface area contributed by atoms with E-state index in [9.17, 15) is 0 Å². The number of aromatic nitrogens is 4. The smallest absolute Gasteiger partial charge is 0.230 e. The lowest BCUT2D eigenvalue weighted by Crippen LogP contribution is -2.48. The van der Waals surface area contributed by atoms with Gasteiger partial charge in [-0.25, -0.2) is 9.97 Å². The Balaban J connectivity index is 1.17. The van der Waals surface area contributed by atoms with Crippen molar-refractivity contribution in [3.63, 3.8) is 0 Å². The number of hydrogen-bond donors (Lipinski definition) is 3. The van der Waals surface area contributed by atoms with Crippen LogP contribution in [0.15, 0.2) is 35.6 Å². The van der Waals surface area contributed by atoms with Crippen LogP contribution in [0.5, 0.6) is 0 Å². The Morgan fingerprint density at radius 3 is 2.50 bits per heavy atom. The second-order valence-corrected chi connectivity index (χ2v) is 12.4. The Morgan fingerprint density at radius 1 is 0.950 bits per heavy atom. The van der Waals surface area contributed by atoms with Gasteiger partial charge < -0.3 is 30.7 Å². The lowest BCUT2D eigenvalue weighted by molar-refractivity contribution is 0.202. The van der Waals surface area contributed by atoms with E-state index in [-0.39, 0.29) is 5.54 Å². The van der Waals surface area contributed by atoms with Gasteiger partial charge in [0, 0.05) is 49.8 Å². The molecular weight excluding hydrogens is 500 g/mol. The summed E-state index contributed by atoms with van der Waals surface area (Å²) in [5, 5.41) is 8.23. The molecule has 0 unspecified atom stereocenters. The molecule has 7 rings (SSSR count). The Morgan fingerprint density at radius 2 is 1.75 bits per heavy atom. The summed E-state index contributed by atoms with van der Waals surface area (Å²) in [6, 6.07) is 7.16. The van der Waals surface area contributed by atoms with Gasteiger partial charge in [0.25, 0.3) is 0 Å². The van der Waals surface area contributed by atoms with Crippen LogP contribution >= 0.6 is 0 Å². The van der Waals surface area contributed by atoms with Gasteiger partial charge in [-0.15, -0.1) is 0 Å². The normalized spacial score (nSPS) is 25.1. The first-order chi connectivity index (χ1) is 19.6. The van der Waals surface area contributed by atoms with E-state index in [0.717, 1.165) is 105 Å². The maximum absolute atomic E-state index is 6.17. The highest BCUT2D eigenvalue weighted by molar-refractivity contribution is 6.02. The molecule has 4 aliphatic rings. The Kier molecular flexibility index (Phi) is 6.83. The highest BCUT2D eigenvalue weighted by atomic mass is 15.3. The topological polar surface area (TPSA) is 113 Å². The monoisotopic (exact) mass is 542 g/mol. The summed E-state index contributed by atoms with van der Waals surface area (Å²) in [4.78, 5) is 24.4. The molecule has 0 bridgehead atoms. The molecule has 2 saturated carbocycles. The lowest BCUT2D eigenvalue weighted by Gasteiger charge is -2.42. The molecule has 10 heteroatoms. The number of piperazine rings is 1. The van der Waals surface area contributed by atoms with Crippen LogP contribution in [0.2, 0.25) is 0 Å². The maximum atomic E-state index is 6.17. The average molecular weight is 543 g/mol. The molecule has 0 radical (unpaired) electrons. The van der Waals surface area contributed by atoms with Gasteiger partial charge in [-0.1, -0.05) is 19.3 Å². The molecule has 3 aromatic heterocycles. The van der Waals surface area contributed by atoms with Gasteiger partial charge in [0.15, 0.2) is 0 Å². The molecule has 3 fully saturated rings. The minimum absolute atomic E-state index is 0.0105. The van der Waals surface area contributed by atoms with Crippen molar-refractivity contribution in [2.45, 2.75) is 75.4 Å². The zero-order valence-corrected chi connectivity index (χ0v) is 23.6.